The monoisotopic (exact) mass is 937 g/mol. The van der Waals surface area contributed by atoms with Crippen molar-refractivity contribution in [2.45, 2.75) is 17.8 Å². The maximum atomic E-state index is 6.50. The van der Waals surface area contributed by atoms with Crippen LogP contribution in [0.15, 0.2) is 271 Å². The molecule has 1 aliphatic carbocycles. The Morgan fingerprint density at radius 3 is 1.69 bits per heavy atom. The number of benzene rings is 11. The molecule has 0 radical (unpaired) electrons. The second-order valence-electron chi connectivity index (χ2n) is 19.3. The van der Waals surface area contributed by atoms with E-state index >= 15 is 0 Å². The fraction of sp³-hybridized carbons (Fsp3) is 0.0435. The van der Waals surface area contributed by atoms with Gasteiger partial charge in [0.2, 0.25) is 0 Å². The van der Waals surface area contributed by atoms with Crippen molar-refractivity contribution in [2.24, 2.45) is 0 Å². The first-order valence-corrected chi connectivity index (χ1v) is 25.6. The van der Waals surface area contributed by atoms with E-state index in [1.54, 1.807) is 0 Å². The lowest BCUT2D eigenvalue weighted by Crippen LogP contribution is -2.31. The molecular formula is C69H47NOS. The smallest absolute Gasteiger partial charge is 0.137 e. The molecule has 1 aliphatic rings. The van der Waals surface area contributed by atoms with Gasteiger partial charge in [-0.2, -0.15) is 0 Å². The van der Waals surface area contributed by atoms with Crippen LogP contribution in [0.2, 0.25) is 0 Å². The van der Waals surface area contributed by atoms with Gasteiger partial charge in [-0.1, -0.05) is 212 Å². The molecule has 2 aromatic heterocycles. The summed E-state index contributed by atoms with van der Waals surface area (Å²) in [6, 6.07) is 98.4. The van der Waals surface area contributed by atoms with Crippen molar-refractivity contribution >= 4 is 70.5 Å². The van der Waals surface area contributed by atoms with Gasteiger partial charge in [-0.15, -0.1) is 11.3 Å². The standard InChI is InChI=1S/C69H47NOS/c1-68(47-19-4-2-5-20-47,48-39-37-46(38-40-48)55-31-18-32-61-60-30-11-15-36-66(60)72-67(55)61)49-21-16-22-50(43-49)69(62-33-12-8-27-56(62)57-28-9-13-34-63(57)69)51-23-17-26-53(44-51)70(52-24-6-3-7-25-52)54-41-42-59-58-29-10-14-35-64(58)71-65(59)45-54/h2-45H,1H3. The van der Waals surface area contributed by atoms with Crippen LogP contribution in [-0.4, -0.2) is 0 Å². The first kappa shape index (κ1) is 42.1. The lowest BCUT2D eigenvalue weighted by molar-refractivity contribution is 0.669. The third kappa shape index (κ3) is 6.41. The number of nitrogens with zero attached hydrogens (tertiary/aromatic N) is 1. The molecule has 14 rings (SSSR count). The fourth-order valence-corrected chi connectivity index (χ4v) is 13.3. The minimum absolute atomic E-state index is 0.500. The first-order chi connectivity index (χ1) is 35.6. The highest BCUT2D eigenvalue weighted by atomic mass is 32.1. The molecule has 0 bridgehead atoms. The topological polar surface area (TPSA) is 16.4 Å². The van der Waals surface area contributed by atoms with Crippen molar-refractivity contribution in [1.82, 2.24) is 0 Å². The number of hydrogen-bond acceptors (Lipinski definition) is 3. The molecule has 72 heavy (non-hydrogen) atoms. The minimum atomic E-state index is -0.658. The lowest BCUT2D eigenvalue weighted by Gasteiger charge is -2.37. The van der Waals surface area contributed by atoms with Crippen LogP contribution in [0.4, 0.5) is 17.1 Å². The highest BCUT2D eigenvalue weighted by Crippen LogP contribution is 2.57. The number of fused-ring (bicyclic) bond motifs is 9. The molecule has 1 atom stereocenters. The Kier molecular flexibility index (Phi) is 9.77. The second kappa shape index (κ2) is 16.7. The Balaban J connectivity index is 0.955. The normalized spacial score (nSPS) is 13.6. The van der Waals surface area contributed by atoms with E-state index in [4.69, 9.17) is 4.42 Å². The van der Waals surface area contributed by atoms with Gasteiger partial charge in [-0.25, -0.2) is 0 Å². The van der Waals surface area contributed by atoms with Crippen LogP contribution in [0, 0.1) is 0 Å². The summed E-state index contributed by atoms with van der Waals surface area (Å²) in [5.74, 6) is 0. The van der Waals surface area contributed by atoms with E-state index in [0.717, 1.165) is 39.0 Å². The molecule has 0 saturated heterocycles. The number of para-hydroxylation sites is 2. The van der Waals surface area contributed by atoms with E-state index < -0.39 is 10.8 Å². The van der Waals surface area contributed by atoms with Crippen molar-refractivity contribution < 1.29 is 4.42 Å². The molecule has 0 aliphatic heterocycles. The predicted molar refractivity (Wildman–Crippen MR) is 302 cm³/mol. The van der Waals surface area contributed by atoms with Gasteiger partial charge in [0.05, 0.1) is 5.41 Å². The predicted octanol–water partition coefficient (Wildman–Crippen LogP) is 18.8. The number of furan rings is 1. The van der Waals surface area contributed by atoms with Gasteiger partial charge in [-0.05, 0) is 117 Å². The van der Waals surface area contributed by atoms with Gasteiger partial charge in [0.1, 0.15) is 11.2 Å². The van der Waals surface area contributed by atoms with Gasteiger partial charge in [0.15, 0.2) is 0 Å². The van der Waals surface area contributed by atoms with Crippen LogP contribution < -0.4 is 4.90 Å². The molecule has 3 heteroatoms. The quantitative estimate of drug-likeness (QED) is 0.134. The zero-order valence-corrected chi connectivity index (χ0v) is 40.5. The summed E-state index contributed by atoms with van der Waals surface area (Å²) in [6.07, 6.45) is 0. The Labute approximate surface area is 423 Å². The molecule has 0 fully saturated rings. The minimum Gasteiger partial charge on any atom is -0.456 e. The van der Waals surface area contributed by atoms with E-state index in [0.29, 0.717) is 0 Å². The maximum Gasteiger partial charge on any atom is 0.137 e. The molecule has 1 unspecified atom stereocenters. The van der Waals surface area contributed by atoms with Crippen LogP contribution in [0.25, 0.3) is 64.4 Å². The summed E-state index contributed by atoms with van der Waals surface area (Å²) in [7, 11) is 0. The van der Waals surface area contributed by atoms with Gasteiger partial charge in [0.25, 0.3) is 0 Å². The van der Waals surface area contributed by atoms with Gasteiger partial charge < -0.3 is 9.32 Å². The van der Waals surface area contributed by atoms with Crippen molar-refractivity contribution in [3.05, 3.63) is 306 Å². The second-order valence-corrected chi connectivity index (χ2v) is 20.3. The molecule has 0 spiro atoms. The van der Waals surface area contributed by atoms with Crippen molar-refractivity contribution in [2.75, 3.05) is 4.90 Å². The van der Waals surface area contributed by atoms with Crippen LogP contribution in [0.3, 0.4) is 0 Å². The zero-order chi connectivity index (χ0) is 47.8. The summed E-state index contributed by atoms with van der Waals surface area (Å²) in [5, 5.41) is 4.86. The number of anilines is 3. The van der Waals surface area contributed by atoms with E-state index in [1.807, 2.05) is 23.5 Å². The fourth-order valence-electron chi connectivity index (χ4n) is 12.1. The molecule has 0 N–H and O–H groups in total. The van der Waals surface area contributed by atoms with Crippen LogP contribution >= 0.6 is 11.3 Å². The van der Waals surface area contributed by atoms with Crippen molar-refractivity contribution in [1.29, 1.82) is 0 Å². The van der Waals surface area contributed by atoms with Gasteiger partial charge >= 0.3 is 0 Å². The largest absolute Gasteiger partial charge is 0.456 e. The third-order valence-electron chi connectivity index (χ3n) is 15.5. The van der Waals surface area contributed by atoms with Crippen LogP contribution in [-0.2, 0) is 10.8 Å². The van der Waals surface area contributed by atoms with Gasteiger partial charge in [0, 0.05) is 59.5 Å². The van der Waals surface area contributed by atoms with E-state index in [-0.39, 0.29) is 0 Å². The molecule has 2 nitrogen and oxygen atoms in total. The molecule has 2 heterocycles. The third-order valence-corrected chi connectivity index (χ3v) is 16.7. The number of rotatable bonds is 9. The van der Waals surface area contributed by atoms with E-state index in [1.165, 1.54) is 81.4 Å². The highest BCUT2D eigenvalue weighted by Gasteiger charge is 2.47. The number of hydrogen-bond donors (Lipinski definition) is 0. The Morgan fingerprint density at radius 1 is 0.375 bits per heavy atom. The summed E-state index contributed by atoms with van der Waals surface area (Å²) in [4.78, 5) is 2.37. The first-order valence-electron chi connectivity index (χ1n) is 24.8. The van der Waals surface area contributed by atoms with Gasteiger partial charge in [-0.3, -0.25) is 0 Å². The SMILES string of the molecule is CC(c1ccccc1)(c1ccc(-c2cccc3c2sc2ccccc23)cc1)c1cccc(C2(c3cccc(N(c4ccccc4)c4ccc5c(c4)oc4ccccc45)c3)c3ccccc3-c3ccccc32)c1. The molecule has 11 aromatic carbocycles. The van der Waals surface area contributed by atoms with Crippen molar-refractivity contribution in [3.8, 4) is 22.3 Å². The molecular weight excluding hydrogens is 891 g/mol. The maximum absolute atomic E-state index is 6.50. The lowest BCUT2D eigenvalue weighted by atomic mass is 9.65. The Morgan fingerprint density at radius 2 is 0.917 bits per heavy atom. The van der Waals surface area contributed by atoms with E-state index in [9.17, 15) is 0 Å². The van der Waals surface area contributed by atoms with E-state index in [2.05, 4.69) is 267 Å². The zero-order valence-electron chi connectivity index (χ0n) is 39.7. The summed E-state index contributed by atoms with van der Waals surface area (Å²) < 4.78 is 9.15. The summed E-state index contributed by atoms with van der Waals surface area (Å²) in [6.45, 7) is 2.41. The van der Waals surface area contributed by atoms with Crippen LogP contribution in [0.5, 0.6) is 0 Å². The average molecular weight is 938 g/mol. The Hall–Kier alpha value is -8.76. The van der Waals surface area contributed by atoms with Crippen LogP contribution in [0.1, 0.15) is 45.9 Å². The number of thiophene rings is 1. The molecule has 340 valence electrons. The van der Waals surface area contributed by atoms with Crippen molar-refractivity contribution in [3.63, 3.8) is 0 Å². The molecule has 0 saturated carbocycles. The highest BCUT2D eigenvalue weighted by molar-refractivity contribution is 7.26. The summed E-state index contributed by atoms with van der Waals surface area (Å²) >= 11 is 1.88. The molecule has 13 aromatic rings. The average Bonchev–Trinajstić information content (AvgIpc) is 4.12. The molecule has 0 amide bonds. The Bertz CT molecular complexity index is 4140. The summed E-state index contributed by atoms with van der Waals surface area (Å²) in [5.41, 5.74) is 17.4.